The summed E-state index contributed by atoms with van der Waals surface area (Å²) in [5.74, 6) is 0.837. The lowest BCUT2D eigenvalue weighted by Gasteiger charge is -2.22. The van der Waals surface area contributed by atoms with Crippen LogP contribution in [-0.4, -0.2) is 37.3 Å². The molecule has 3 heterocycles. The molecule has 0 aliphatic carbocycles. The lowest BCUT2D eigenvalue weighted by atomic mass is 10.2. The second-order valence-electron chi connectivity index (χ2n) is 5.39. The summed E-state index contributed by atoms with van der Waals surface area (Å²) in [5.41, 5.74) is 0.407. The molecule has 1 amide bonds. The van der Waals surface area contributed by atoms with Crippen LogP contribution in [0.25, 0.3) is 0 Å². The number of likely N-dealkylation sites (tertiary alicyclic amines) is 1. The van der Waals surface area contributed by atoms with Crippen molar-refractivity contribution >= 4 is 5.91 Å². The third-order valence-corrected chi connectivity index (χ3v) is 3.70. The number of aromatic nitrogens is 4. The van der Waals surface area contributed by atoms with E-state index in [9.17, 15) is 9.59 Å². The number of carbonyl (C=O) groups excluding carboxylic acids is 1. The Morgan fingerprint density at radius 1 is 1.41 bits per heavy atom. The lowest BCUT2D eigenvalue weighted by molar-refractivity contribution is -0.133. The summed E-state index contributed by atoms with van der Waals surface area (Å²) in [7, 11) is 0. The summed E-state index contributed by atoms with van der Waals surface area (Å²) in [5, 5.41) is 8.00. The molecule has 116 valence electrons. The van der Waals surface area contributed by atoms with Gasteiger partial charge in [-0.15, -0.1) is 0 Å². The van der Waals surface area contributed by atoms with E-state index in [-0.39, 0.29) is 24.1 Å². The van der Waals surface area contributed by atoms with Gasteiger partial charge in [-0.25, -0.2) is 4.68 Å². The van der Waals surface area contributed by atoms with Gasteiger partial charge in [0.1, 0.15) is 6.54 Å². The highest BCUT2D eigenvalue weighted by Crippen LogP contribution is 2.30. The number of nitrogens with zero attached hydrogens (tertiary/aromatic N) is 5. The first-order chi connectivity index (χ1) is 10.5. The Balaban J connectivity index is 1.79. The first-order valence-corrected chi connectivity index (χ1v) is 7.19. The van der Waals surface area contributed by atoms with Crippen LogP contribution in [0, 0.1) is 13.8 Å². The summed E-state index contributed by atoms with van der Waals surface area (Å²) in [4.78, 5) is 30.2. The Labute approximate surface area is 126 Å². The van der Waals surface area contributed by atoms with Gasteiger partial charge in [-0.3, -0.25) is 9.59 Å². The molecule has 1 atom stereocenters. The highest BCUT2D eigenvalue weighted by molar-refractivity contribution is 5.76. The summed E-state index contributed by atoms with van der Waals surface area (Å²) in [6, 6.07) is 2.86. The fourth-order valence-corrected chi connectivity index (χ4v) is 2.67. The minimum atomic E-state index is -0.287. The van der Waals surface area contributed by atoms with E-state index in [1.807, 2.05) is 0 Å². The molecule has 0 aromatic carbocycles. The first kappa shape index (κ1) is 14.4. The molecule has 0 N–H and O–H groups in total. The summed E-state index contributed by atoms with van der Waals surface area (Å²) >= 11 is 0. The van der Waals surface area contributed by atoms with Crippen molar-refractivity contribution in [2.45, 2.75) is 39.3 Å². The molecule has 3 rings (SSSR count). The van der Waals surface area contributed by atoms with Crippen LogP contribution in [0.4, 0.5) is 0 Å². The molecule has 8 nitrogen and oxygen atoms in total. The standard InChI is InChI=1S/C14H17N5O3/c1-9-5-6-12(20)19(16-9)8-13(21)18-7-3-4-11(18)14-15-10(2)22-17-14/h5-6,11H,3-4,7-8H2,1-2H3/t11-/m1/s1. The van der Waals surface area contributed by atoms with Crippen LogP contribution in [0.3, 0.4) is 0 Å². The minimum Gasteiger partial charge on any atom is -0.340 e. The molecule has 0 spiro atoms. The van der Waals surface area contributed by atoms with Gasteiger partial charge in [-0.05, 0) is 25.8 Å². The van der Waals surface area contributed by atoms with Gasteiger partial charge in [0, 0.05) is 19.5 Å². The van der Waals surface area contributed by atoms with Gasteiger partial charge in [0.15, 0.2) is 5.82 Å². The normalized spacial score (nSPS) is 17.9. The van der Waals surface area contributed by atoms with Crippen LogP contribution in [-0.2, 0) is 11.3 Å². The highest BCUT2D eigenvalue weighted by atomic mass is 16.5. The van der Waals surface area contributed by atoms with Crippen LogP contribution in [0.15, 0.2) is 21.5 Å². The van der Waals surface area contributed by atoms with Crippen molar-refractivity contribution < 1.29 is 9.32 Å². The van der Waals surface area contributed by atoms with Gasteiger partial charge in [-0.1, -0.05) is 5.16 Å². The number of hydrogen-bond donors (Lipinski definition) is 0. The zero-order chi connectivity index (χ0) is 15.7. The molecule has 1 aliphatic rings. The van der Waals surface area contributed by atoms with E-state index in [2.05, 4.69) is 15.2 Å². The summed E-state index contributed by atoms with van der Waals surface area (Å²) in [6.45, 7) is 4.04. The average Bonchev–Trinajstić information content (AvgIpc) is 3.11. The SMILES string of the molecule is Cc1ccc(=O)n(CC(=O)N2CCC[C@@H]2c2noc(C)n2)n1. The number of hydrogen-bond acceptors (Lipinski definition) is 6. The van der Waals surface area contributed by atoms with Crippen molar-refractivity contribution in [3.8, 4) is 0 Å². The zero-order valence-electron chi connectivity index (χ0n) is 12.5. The van der Waals surface area contributed by atoms with E-state index >= 15 is 0 Å². The Kier molecular flexibility index (Phi) is 3.74. The molecule has 0 radical (unpaired) electrons. The molecular formula is C14H17N5O3. The van der Waals surface area contributed by atoms with E-state index in [1.54, 1.807) is 24.8 Å². The second kappa shape index (κ2) is 5.70. The third-order valence-electron chi connectivity index (χ3n) is 3.70. The fraction of sp³-hybridized carbons (Fsp3) is 0.500. The molecule has 0 bridgehead atoms. The molecule has 1 fully saturated rings. The van der Waals surface area contributed by atoms with Crippen LogP contribution < -0.4 is 5.56 Å². The van der Waals surface area contributed by atoms with E-state index < -0.39 is 0 Å². The van der Waals surface area contributed by atoms with Crippen LogP contribution in [0.5, 0.6) is 0 Å². The van der Waals surface area contributed by atoms with Gasteiger partial charge in [0.05, 0.1) is 11.7 Å². The maximum Gasteiger partial charge on any atom is 0.267 e. The zero-order valence-corrected chi connectivity index (χ0v) is 12.5. The quantitative estimate of drug-likeness (QED) is 0.824. The van der Waals surface area contributed by atoms with Gasteiger partial charge in [0.25, 0.3) is 5.56 Å². The van der Waals surface area contributed by atoms with Crippen LogP contribution in [0.2, 0.25) is 0 Å². The Morgan fingerprint density at radius 2 is 2.23 bits per heavy atom. The Hall–Kier alpha value is -2.51. The van der Waals surface area contributed by atoms with E-state index in [0.717, 1.165) is 12.8 Å². The molecule has 1 aliphatic heterocycles. The summed E-state index contributed by atoms with van der Waals surface area (Å²) < 4.78 is 6.18. The number of rotatable bonds is 3. The van der Waals surface area contributed by atoms with Crippen molar-refractivity contribution in [2.75, 3.05) is 6.54 Å². The number of amides is 1. The second-order valence-corrected chi connectivity index (χ2v) is 5.39. The van der Waals surface area contributed by atoms with Crippen molar-refractivity contribution in [2.24, 2.45) is 0 Å². The minimum absolute atomic E-state index is 0.0755. The first-order valence-electron chi connectivity index (χ1n) is 7.19. The van der Waals surface area contributed by atoms with Crippen molar-refractivity contribution in [3.63, 3.8) is 0 Å². The van der Waals surface area contributed by atoms with E-state index in [0.29, 0.717) is 24.0 Å². The van der Waals surface area contributed by atoms with Crippen LogP contribution in [0.1, 0.15) is 36.3 Å². The average molecular weight is 303 g/mol. The van der Waals surface area contributed by atoms with Gasteiger partial charge >= 0.3 is 0 Å². The smallest absolute Gasteiger partial charge is 0.267 e. The van der Waals surface area contributed by atoms with E-state index in [4.69, 9.17) is 4.52 Å². The molecule has 2 aromatic rings. The molecule has 22 heavy (non-hydrogen) atoms. The molecular weight excluding hydrogens is 286 g/mol. The van der Waals surface area contributed by atoms with Crippen molar-refractivity contribution in [1.29, 1.82) is 0 Å². The Bertz CT molecular complexity index is 751. The predicted octanol–water partition coefficient (Wildman–Crippen LogP) is 0.607. The lowest BCUT2D eigenvalue weighted by Crippen LogP contribution is -2.37. The van der Waals surface area contributed by atoms with Gasteiger partial charge < -0.3 is 9.42 Å². The third kappa shape index (κ3) is 2.76. The molecule has 2 aromatic heterocycles. The molecule has 1 saturated heterocycles. The van der Waals surface area contributed by atoms with E-state index in [1.165, 1.54) is 10.7 Å². The highest BCUT2D eigenvalue weighted by Gasteiger charge is 2.33. The monoisotopic (exact) mass is 303 g/mol. The molecule has 0 unspecified atom stereocenters. The van der Waals surface area contributed by atoms with Gasteiger partial charge in [-0.2, -0.15) is 10.1 Å². The number of carbonyl (C=O) groups is 1. The maximum absolute atomic E-state index is 12.5. The van der Waals surface area contributed by atoms with Crippen LogP contribution >= 0.6 is 0 Å². The van der Waals surface area contributed by atoms with Crippen molar-refractivity contribution in [1.82, 2.24) is 24.8 Å². The topological polar surface area (TPSA) is 94.1 Å². The number of aryl methyl sites for hydroxylation is 2. The Morgan fingerprint density at radius 3 is 2.95 bits per heavy atom. The molecule has 0 saturated carbocycles. The predicted molar refractivity (Wildman–Crippen MR) is 76.0 cm³/mol. The van der Waals surface area contributed by atoms with Crippen molar-refractivity contribution in [3.05, 3.63) is 39.9 Å². The van der Waals surface area contributed by atoms with Gasteiger partial charge in [0.2, 0.25) is 11.8 Å². The maximum atomic E-state index is 12.5. The summed E-state index contributed by atoms with van der Waals surface area (Å²) in [6.07, 6.45) is 1.67. The fourth-order valence-electron chi connectivity index (χ4n) is 2.67. The largest absolute Gasteiger partial charge is 0.340 e. The molecule has 8 heteroatoms.